The van der Waals surface area contributed by atoms with Gasteiger partial charge in [0, 0.05) is 17.7 Å². The Balaban J connectivity index is 1.80. The lowest BCUT2D eigenvalue weighted by atomic mass is 10.1. The Morgan fingerprint density at radius 1 is 1.29 bits per heavy atom. The SMILES string of the molecule is CSNc1cccc(CN2N=C(c3ccc(F)cc3)CSC2=O)c1. The lowest BCUT2D eigenvalue weighted by molar-refractivity contribution is 0.222. The summed E-state index contributed by atoms with van der Waals surface area (Å²) in [6, 6.07) is 14.1. The molecule has 1 N–H and O–H groups in total. The molecule has 0 unspecified atom stereocenters. The van der Waals surface area contributed by atoms with E-state index in [1.54, 1.807) is 12.1 Å². The maximum absolute atomic E-state index is 13.1. The van der Waals surface area contributed by atoms with E-state index in [-0.39, 0.29) is 11.1 Å². The molecule has 3 rings (SSSR count). The molecule has 1 aliphatic heterocycles. The van der Waals surface area contributed by atoms with Gasteiger partial charge in [-0.15, -0.1) is 0 Å². The van der Waals surface area contributed by atoms with Crippen molar-refractivity contribution in [3.8, 4) is 0 Å². The Morgan fingerprint density at radius 3 is 2.83 bits per heavy atom. The highest BCUT2D eigenvalue weighted by Crippen LogP contribution is 2.23. The molecular formula is C17H16FN3OS2. The molecular weight excluding hydrogens is 345 g/mol. The minimum atomic E-state index is -0.283. The van der Waals surface area contributed by atoms with E-state index in [0.717, 1.165) is 22.5 Å². The highest BCUT2D eigenvalue weighted by atomic mass is 32.2. The average Bonchev–Trinajstić information content (AvgIpc) is 2.58. The summed E-state index contributed by atoms with van der Waals surface area (Å²) in [5.74, 6) is 0.212. The van der Waals surface area contributed by atoms with Crippen LogP contribution in [0.5, 0.6) is 0 Å². The number of hydrogen-bond acceptors (Lipinski definition) is 5. The molecule has 0 aromatic heterocycles. The van der Waals surface area contributed by atoms with Crippen molar-refractivity contribution in [1.82, 2.24) is 5.01 Å². The molecule has 124 valence electrons. The molecule has 0 spiro atoms. The summed E-state index contributed by atoms with van der Waals surface area (Å²) in [5, 5.41) is 5.85. The average molecular weight is 361 g/mol. The Labute approximate surface area is 148 Å². The summed E-state index contributed by atoms with van der Waals surface area (Å²) in [4.78, 5) is 12.1. The molecule has 0 atom stereocenters. The van der Waals surface area contributed by atoms with Gasteiger partial charge in [0.1, 0.15) is 5.82 Å². The van der Waals surface area contributed by atoms with Gasteiger partial charge in [-0.3, -0.25) is 4.79 Å². The van der Waals surface area contributed by atoms with Crippen LogP contribution in [0.3, 0.4) is 0 Å². The van der Waals surface area contributed by atoms with Crippen molar-refractivity contribution in [1.29, 1.82) is 0 Å². The van der Waals surface area contributed by atoms with Crippen molar-refractivity contribution in [2.45, 2.75) is 6.54 Å². The summed E-state index contributed by atoms with van der Waals surface area (Å²) >= 11 is 2.73. The van der Waals surface area contributed by atoms with Crippen molar-refractivity contribution in [3.63, 3.8) is 0 Å². The van der Waals surface area contributed by atoms with E-state index in [4.69, 9.17) is 0 Å². The number of thioether (sulfide) groups is 1. The number of benzene rings is 2. The molecule has 2 aromatic rings. The van der Waals surface area contributed by atoms with Gasteiger partial charge in [-0.1, -0.05) is 48.0 Å². The van der Waals surface area contributed by atoms with E-state index in [1.807, 2.05) is 30.5 Å². The number of carbonyl (C=O) groups is 1. The van der Waals surface area contributed by atoms with Gasteiger partial charge in [0.05, 0.1) is 12.3 Å². The summed E-state index contributed by atoms with van der Waals surface area (Å²) in [5.41, 5.74) is 3.59. The van der Waals surface area contributed by atoms with Gasteiger partial charge in [0.25, 0.3) is 0 Å². The second-order valence-corrected chi connectivity index (χ2v) is 6.71. The molecule has 2 aromatic carbocycles. The third-order valence-electron chi connectivity index (χ3n) is 3.44. The number of rotatable bonds is 5. The van der Waals surface area contributed by atoms with Crippen LogP contribution in [0.15, 0.2) is 53.6 Å². The summed E-state index contributed by atoms with van der Waals surface area (Å²) in [6.07, 6.45) is 1.96. The molecule has 0 aliphatic carbocycles. The van der Waals surface area contributed by atoms with Gasteiger partial charge in [-0.25, -0.2) is 9.40 Å². The monoisotopic (exact) mass is 361 g/mol. The lowest BCUT2D eigenvalue weighted by Crippen LogP contribution is -2.29. The zero-order valence-corrected chi connectivity index (χ0v) is 14.7. The predicted octanol–water partition coefficient (Wildman–Crippen LogP) is 4.59. The fourth-order valence-electron chi connectivity index (χ4n) is 2.33. The Morgan fingerprint density at radius 2 is 2.08 bits per heavy atom. The first-order valence-electron chi connectivity index (χ1n) is 7.31. The van der Waals surface area contributed by atoms with Crippen molar-refractivity contribution in [2.75, 3.05) is 16.7 Å². The second-order valence-electron chi connectivity index (χ2n) is 5.17. The lowest BCUT2D eigenvalue weighted by Gasteiger charge is -2.23. The molecule has 24 heavy (non-hydrogen) atoms. The molecule has 0 saturated carbocycles. The quantitative estimate of drug-likeness (QED) is 0.791. The van der Waals surface area contributed by atoms with Crippen LogP contribution >= 0.6 is 23.7 Å². The number of nitrogens with one attached hydrogen (secondary N) is 1. The molecule has 4 nitrogen and oxygen atoms in total. The number of nitrogens with zero attached hydrogens (tertiary/aromatic N) is 2. The number of carbonyl (C=O) groups excluding carboxylic acids is 1. The van der Waals surface area contributed by atoms with Gasteiger partial charge in [0.15, 0.2) is 0 Å². The minimum Gasteiger partial charge on any atom is -0.330 e. The Kier molecular flexibility index (Phi) is 5.42. The second kappa shape index (κ2) is 7.72. The summed E-state index contributed by atoms with van der Waals surface area (Å²) in [7, 11) is 0. The van der Waals surface area contributed by atoms with Gasteiger partial charge in [-0.2, -0.15) is 5.10 Å². The molecule has 0 saturated heterocycles. The Bertz CT molecular complexity index is 765. The van der Waals surface area contributed by atoms with Crippen LogP contribution in [-0.2, 0) is 6.54 Å². The minimum absolute atomic E-state index is 0.0795. The van der Waals surface area contributed by atoms with Gasteiger partial charge >= 0.3 is 5.24 Å². The largest absolute Gasteiger partial charge is 0.330 e. The molecule has 1 aliphatic rings. The summed E-state index contributed by atoms with van der Waals surface area (Å²) in [6.45, 7) is 0.403. The third-order valence-corrected chi connectivity index (χ3v) is 4.76. The fourth-order valence-corrected chi connectivity index (χ4v) is 3.43. The maximum atomic E-state index is 13.1. The van der Waals surface area contributed by atoms with Gasteiger partial charge in [0.2, 0.25) is 0 Å². The van der Waals surface area contributed by atoms with Crippen LogP contribution in [0.1, 0.15) is 11.1 Å². The molecule has 1 heterocycles. The highest BCUT2D eigenvalue weighted by Gasteiger charge is 2.22. The first-order chi connectivity index (χ1) is 11.7. The maximum Gasteiger partial charge on any atom is 0.302 e. The smallest absolute Gasteiger partial charge is 0.302 e. The zero-order chi connectivity index (χ0) is 16.9. The van der Waals surface area contributed by atoms with E-state index in [1.165, 1.54) is 40.9 Å². The first-order valence-corrected chi connectivity index (χ1v) is 9.52. The summed E-state index contributed by atoms with van der Waals surface area (Å²) < 4.78 is 16.2. The van der Waals surface area contributed by atoms with Crippen LogP contribution in [0.25, 0.3) is 0 Å². The van der Waals surface area contributed by atoms with Crippen LogP contribution in [0.4, 0.5) is 14.9 Å². The number of hydrogen-bond donors (Lipinski definition) is 1. The van der Waals surface area contributed by atoms with E-state index in [2.05, 4.69) is 9.82 Å². The van der Waals surface area contributed by atoms with Crippen LogP contribution in [-0.4, -0.2) is 28.0 Å². The van der Waals surface area contributed by atoms with Gasteiger partial charge in [-0.05, 0) is 35.4 Å². The standard InChI is InChI=1S/C17H16FN3OS2/c1-23-20-15-4-2-3-12(9-15)10-21-17(22)24-11-16(19-21)13-5-7-14(18)8-6-13/h2-9,20H,10-11H2,1H3. The zero-order valence-electron chi connectivity index (χ0n) is 13.0. The molecule has 0 bridgehead atoms. The topological polar surface area (TPSA) is 44.7 Å². The molecule has 1 amide bonds. The normalized spacial score (nSPS) is 14.5. The predicted molar refractivity (Wildman–Crippen MR) is 99.9 cm³/mol. The van der Waals surface area contributed by atoms with E-state index in [9.17, 15) is 9.18 Å². The fraction of sp³-hybridized carbons (Fsp3) is 0.176. The van der Waals surface area contributed by atoms with Crippen LogP contribution < -0.4 is 4.72 Å². The van der Waals surface area contributed by atoms with E-state index < -0.39 is 0 Å². The number of anilines is 1. The number of amides is 1. The van der Waals surface area contributed by atoms with Gasteiger partial charge < -0.3 is 4.72 Å². The molecule has 0 fully saturated rings. The number of hydrazone groups is 1. The van der Waals surface area contributed by atoms with Crippen LogP contribution in [0.2, 0.25) is 0 Å². The van der Waals surface area contributed by atoms with Crippen LogP contribution in [0, 0.1) is 5.82 Å². The Hall–Kier alpha value is -1.99. The van der Waals surface area contributed by atoms with E-state index >= 15 is 0 Å². The van der Waals surface area contributed by atoms with Crippen molar-refractivity contribution in [2.24, 2.45) is 5.10 Å². The molecule has 0 radical (unpaired) electrons. The number of halogens is 1. The van der Waals surface area contributed by atoms with Crippen molar-refractivity contribution >= 4 is 40.3 Å². The molecule has 7 heteroatoms. The first kappa shape index (κ1) is 16.9. The van der Waals surface area contributed by atoms with Crippen molar-refractivity contribution in [3.05, 3.63) is 65.5 Å². The third kappa shape index (κ3) is 4.10. The van der Waals surface area contributed by atoms with E-state index in [0.29, 0.717) is 12.3 Å². The van der Waals surface area contributed by atoms with Crippen molar-refractivity contribution < 1.29 is 9.18 Å². The highest BCUT2D eigenvalue weighted by molar-refractivity contribution is 8.14.